The lowest BCUT2D eigenvalue weighted by atomic mass is 10.3. The van der Waals surface area contributed by atoms with Gasteiger partial charge in [-0.2, -0.15) is 0 Å². The van der Waals surface area contributed by atoms with E-state index >= 15 is 0 Å². The van der Waals surface area contributed by atoms with Gasteiger partial charge in [0.25, 0.3) is 0 Å². The zero-order valence-corrected chi connectivity index (χ0v) is 12.1. The van der Waals surface area contributed by atoms with E-state index in [2.05, 4.69) is 0 Å². The molecule has 0 radical (unpaired) electrons. The van der Waals surface area contributed by atoms with E-state index in [1.807, 2.05) is 41.5 Å². The van der Waals surface area contributed by atoms with Crippen LogP contribution in [0.4, 0.5) is 0 Å². The summed E-state index contributed by atoms with van der Waals surface area (Å²) >= 11 is 0. The van der Waals surface area contributed by atoms with Crippen LogP contribution in [0.1, 0.15) is 41.5 Å². The van der Waals surface area contributed by atoms with Crippen LogP contribution in [0, 0.1) is 0 Å². The fraction of sp³-hybridized carbons (Fsp3) is 1.00. The number of hydrogen-bond donors (Lipinski definition) is 0. The number of ether oxygens (including phenoxy) is 4. The van der Waals surface area contributed by atoms with Crippen molar-refractivity contribution in [2.24, 2.45) is 0 Å². The van der Waals surface area contributed by atoms with E-state index < -0.39 is 0 Å². The monoisotopic (exact) mass is 248 g/mol. The van der Waals surface area contributed by atoms with Gasteiger partial charge in [0, 0.05) is 13.2 Å². The molecule has 17 heavy (non-hydrogen) atoms. The van der Waals surface area contributed by atoms with Crippen LogP contribution in [-0.2, 0) is 18.9 Å². The molecule has 0 aliphatic carbocycles. The van der Waals surface area contributed by atoms with E-state index in [1.165, 1.54) is 0 Å². The third-order valence-electron chi connectivity index (χ3n) is 2.26. The highest BCUT2D eigenvalue weighted by Gasteiger charge is 2.44. The maximum Gasteiger partial charge on any atom is 0.163 e. The largest absolute Gasteiger partial charge is 0.382 e. The second-order valence-corrected chi connectivity index (χ2v) is 4.03. The summed E-state index contributed by atoms with van der Waals surface area (Å²) in [6.45, 7) is 14.9. The zero-order chi connectivity index (χ0) is 13.3. The Hall–Kier alpha value is -0.160. The summed E-state index contributed by atoms with van der Waals surface area (Å²) < 4.78 is 21.0. The number of fused-ring (bicyclic) bond motifs is 1. The summed E-state index contributed by atoms with van der Waals surface area (Å²) in [4.78, 5) is 0. The van der Waals surface area contributed by atoms with Crippen LogP contribution in [0.5, 0.6) is 0 Å². The van der Waals surface area contributed by atoms with Crippen molar-refractivity contribution in [2.75, 3.05) is 26.4 Å². The van der Waals surface area contributed by atoms with Gasteiger partial charge in [0.05, 0.1) is 13.2 Å². The average Bonchev–Trinajstić information content (AvgIpc) is 2.79. The van der Waals surface area contributed by atoms with Crippen LogP contribution in [-0.4, -0.2) is 44.4 Å². The van der Waals surface area contributed by atoms with Crippen molar-refractivity contribution < 1.29 is 18.9 Å². The lowest BCUT2D eigenvalue weighted by Gasteiger charge is -2.17. The van der Waals surface area contributed by atoms with E-state index in [0.717, 1.165) is 13.2 Å². The molecule has 104 valence electrons. The van der Waals surface area contributed by atoms with Crippen LogP contribution in [0.3, 0.4) is 0 Å². The standard InChI is InChI=1S/C7H12O3.C4H10O.C2H6/c1-7(2)9-5-3-8-4-6(5)10-7;1-3-5-4-2;1-2/h5-6H,3-4H2,1-2H3;3-4H2,1-2H3;1-2H3/t5-,6+;;. The Morgan fingerprint density at radius 2 is 1.41 bits per heavy atom. The second-order valence-electron chi connectivity index (χ2n) is 4.03. The van der Waals surface area contributed by atoms with E-state index in [-0.39, 0.29) is 18.0 Å². The molecule has 0 aromatic rings. The first-order chi connectivity index (χ1) is 8.09. The SMILES string of the molecule is CC.CC1(C)O[C@H]2COC[C@H]2O1.CCOCC. The smallest absolute Gasteiger partial charge is 0.163 e. The molecule has 2 heterocycles. The van der Waals surface area contributed by atoms with Gasteiger partial charge in [-0.25, -0.2) is 0 Å². The minimum absolute atomic E-state index is 0.176. The van der Waals surface area contributed by atoms with Gasteiger partial charge in [-0.05, 0) is 27.7 Å². The van der Waals surface area contributed by atoms with Crippen molar-refractivity contribution in [2.45, 2.75) is 59.5 Å². The summed E-state index contributed by atoms with van der Waals surface area (Å²) in [5.41, 5.74) is 0. The highest BCUT2D eigenvalue weighted by atomic mass is 16.8. The Balaban J connectivity index is 0.000000315. The van der Waals surface area contributed by atoms with Gasteiger partial charge < -0.3 is 18.9 Å². The fourth-order valence-electron chi connectivity index (χ4n) is 1.70. The third-order valence-corrected chi connectivity index (χ3v) is 2.26. The van der Waals surface area contributed by atoms with Gasteiger partial charge in [0.15, 0.2) is 5.79 Å². The Labute approximate surface area is 106 Å². The average molecular weight is 248 g/mol. The summed E-state index contributed by atoms with van der Waals surface area (Å²) in [7, 11) is 0. The molecule has 2 saturated heterocycles. The summed E-state index contributed by atoms with van der Waals surface area (Å²) in [6, 6.07) is 0. The quantitative estimate of drug-likeness (QED) is 0.752. The maximum atomic E-state index is 5.53. The molecule has 2 fully saturated rings. The van der Waals surface area contributed by atoms with Gasteiger partial charge in [0.1, 0.15) is 12.2 Å². The molecule has 0 N–H and O–H groups in total. The first kappa shape index (κ1) is 16.8. The van der Waals surface area contributed by atoms with E-state index in [0.29, 0.717) is 13.2 Å². The molecule has 0 saturated carbocycles. The predicted octanol–water partition coefficient (Wildman–Crippen LogP) is 2.61. The molecule has 0 bridgehead atoms. The summed E-state index contributed by atoms with van der Waals surface area (Å²) in [6.07, 6.45) is 0.352. The first-order valence-corrected chi connectivity index (χ1v) is 6.60. The molecule has 0 amide bonds. The molecule has 0 spiro atoms. The third kappa shape index (κ3) is 6.36. The zero-order valence-electron chi connectivity index (χ0n) is 12.1. The topological polar surface area (TPSA) is 36.9 Å². The van der Waals surface area contributed by atoms with Crippen molar-refractivity contribution in [1.82, 2.24) is 0 Å². The van der Waals surface area contributed by atoms with E-state index in [9.17, 15) is 0 Å². The second kappa shape index (κ2) is 8.86. The Morgan fingerprint density at radius 3 is 1.71 bits per heavy atom. The van der Waals surface area contributed by atoms with Crippen LogP contribution in [0.25, 0.3) is 0 Å². The highest BCUT2D eigenvalue weighted by Crippen LogP contribution is 2.31. The lowest BCUT2D eigenvalue weighted by molar-refractivity contribution is -0.164. The molecule has 2 aliphatic rings. The Kier molecular flexibility index (Phi) is 8.78. The minimum Gasteiger partial charge on any atom is -0.382 e. The molecule has 2 rings (SSSR count). The summed E-state index contributed by atoms with van der Waals surface area (Å²) in [5.74, 6) is -0.390. The number of rotatable bonds is 2. The van der Waals surface area contributed by atoms with Crippen LogP contribution < -0.4 is 0 Å². The first-order valence-electron chi connectivity index (χ1n) is 6.60. The maximum absolute atomic E-state index is 5.53. The van der Waals surface area contributed by atoms with Gasteiger partial charge in [-0.1, -0.05) is 13.8 Å². The van der Waals surface area contributed by atoms with Crippen molar-refractivity contribution in [1.29, 1.82) is 0 Å². The summed E-state index contributed by atoms with van der Waals surface area (Å²) in [5, 5.41) is 0. The fourth-order valence-corrected chi connectivity index (χ4v) is 1.70. The van der Waals surface area contributed by atoms with Crippen molar-refractivity contribution in [3.05, 3.63) is 0 Å². The Morgan fingerprint density at radius 1 is 1.00 bits per heavy atom. The normalized spacial score (nSPS) is 28.6. The molecular formula is C13H28O4. The molecule has 0 aromatic carbocycles. The van der Waals surface area contributed by atoms with Crippen LogP contribution in [0.15, 0.2) is 0 Å². The van der Waals surface area contributed by atoms with Crippen molar-refractivity contribution >= 4 is 0 Å². The predicted molar refractivity (Wildman–Crippen MR) is 68.2 cm³/mol. The van der Waals surface area contributed by atoms with Gasteiger partial charge in [0.2, 0.25) is 0 Å². The minimum atomic E-state index is -0.390. The lowest BCUT2D eigenvalue weighted by Crippen LogP contribution is -2.23. The molecule has 2 atom stereocenters. The van der Waals surface area contributed by atoms with Crippen molar-refractivity contribution in [3.63, 3.8) is 0 Å². The molecule has 4 nitrogen and oxygen atoms in total. The molecule has 0 unspecified atom stereocenters. The van der Waals surface area contributed by atoms with Gasteiger partial charge in [-0.3, -0.25) is 0 Å². The van der Waals surface area contributed by atoms with Gasteiger partial charge in [-0.15, -0.1) is 0 Å². The molecule has 2 aliphatic heterocycles. The molecule has 0 aromatic heterocycles. The molecule has 4 heteroatoms. The van der Waals surface area contributed by atoms with Gasteiger partial charge >= 0.3 is 0 Å². The molecular weight excluding hydrogens is 220 g/mol. The van der Waals surface area contributed by atoms with Crippen LogP contribution in [0.2, 0.25) is 0 Å². The van der Waals surface area contributed by atoms with Crippen LogP contribution >= 0.6 is 0 Å². The number of hydrogen-bond acceptors (Lipinski definition) is 4. The van der Waals surface area contributed by atoms with Crippen molar-refractivity contribution in [3.8, 4) is 0 Å². The van der Waals surface area contributed by atoms with E-state index in [4.69, 9.17) is 18.9 Å². The Bertz CT molecular complexity index is 166. The van der Waals surface area contributed by atoms with E-state index in [1.54, 1.807) is 0 Å². The highest BCUT2D eigenvalue weighted by molar-refractivity contribution is 4.84.